The van der Waals surface area contributed by atoms with Gasteiger partial charge in [-0.25, -0.2) is 0 Å². The average molecular weight is 308 g/mol. The van der Waals surface area contributed by atoms with Gasteiger partial charge in [-0.1, -0.05) is 18.2 Å². The Labute approximate surface area is 139 Å². The van der Waals surface area contributed by atoms with Crippen LogP contribution in [0.25, 0.3) is 0 Å². The number of rotatable bonds is 6. The second-order valence-corrected chi connectivity index (χ2v) is 6.05. The summed E-state index contributed by atoms with van der Waals surface area (Å²) in [5, 5.41) is 9.47. The van der Waals surface area contributed by atoms with E-state index in [0.29, 0.717) is 13.0 Å². The standard InChI is InChI=1S/C20H24N2O/c1-15-8-9-20(12-16(15)2)23-11-10-18(14-21)17-6-5-7-19(13-17)22(3)4/h5-9,12-13,18H,10-11H2,1-4H3. The first-order valence-corrected chi connectivity index (χ1v) is 7.88. The molecule has 0 N–H and O–H groups in total. The van der Waals surface area contributed by atoms with Crippen molar-refractivity contribution in [3.63, 3.8) is 0 Å². The molecule has 0 aliphatic rings. The van der Waals surface area contributed by atoms with Crippen molar-refractivity contribution in [2.24, 2.45) is 0 Å². The molecule has 2 aromatic carbocycles. The van der Waals surface area contributed by atoms with Gasteiger partial charge in [-0.15, -0.1) is 0 Å². The summed E-state index contributed by atoms with van der Waals surface area (Å²) >= 11 is 0. The van der Waals surface area contributed by atoms with Gasteiger partial charge in [-0.3, -0.25) is 0 Å². The minimum Gasteiger partial charge on any atom is -0.494 e. The van der Waals surface area contributed by atoms with Gasteiger partial charge >= 0.3 is 0 Å². The Bertz CT molecular complexity index is 701. The van der Waals surface area contributed by atoms with Gasteiger partial charge in [-0.2, -0.15) is 5.26 Å². The molecule has 2 rings (SSSR count). The molecule has 1 atom stereocenters. The maximum absolute atomic E-state index is 9.47. The molecule has 3 heteroatoms. The number of anilines is 1. The second kappa shape index (κ2) is 7.69. The topological polar surface area (TPSA) is 36.3 Å². The summed E-state index contributed by atoms with van der Waals surface area (Å²) in [6.45, 7) is 4.70. The molecule has 0 fully saturated rings. The zero-order valence-corrected chi connectivity index (χ0v) is 14.3. The number of nitrogens with zero attached hydrogens (tertiary/aromatic N) is 2. The molecule has 0 spiro atoms. The molecule has 0 amide bonds. The van der Waals surface area contributed by atoms with Crippen LogP contribution in [0.3, 0.4) is 0 Å². The van der Waals surface area contributed by atoms with Crippen molar-refractivity contribution in [1.29, 1.82) is 5.26 Å². The van der Waals surface area contributed by atoms with Gasteiger partial charge in [-0.05, 0) is 54.8 Å². The lowest BCUT2D eigenvalue weighted by atomic mass is 9.97. The summed E-state index contributed by atoms with van der Waals surface area (Å²) in [7, 11) is 4.01. The Morgan fingerprint density at radius 3 is 2.52 bits per heavy atom. The van der Waals surface area contributed by atoms with E-state index in [1.54, 1.807) is 0 Å². The third-order valence-corrected chi connectivity index (χ3v) is 4.10. The summed E-state index contributed by atoms with van der Waals surface area (Å²) in [5.74, 6) is 0.716. The minimum atomic E-state index is -0.151. The van der Waals surface area contributed by atoms with Crippen LogP contribution in [0.4, 0.5) is 5.69 Å². The number of aryl methyl sites for hydroxylation is 2. The first-order chi connectivity index (χ1) is 11.0. The summed E-state index contributed by atoms with van der Waals surface area (Å²) in [4.78, 5) is 2.05. The lowest BCUT2D eigenvalue weighted by Crippen LogP contribution is -2.10. The molecule has 0 heterocycles. The summed E-state index contributed by atoms with van der Waals surface area (Å²) in [6.07, 6.45) is 0.681. The van der Waals surface area contributed by atoms with E-state index in [1.807, 2.05) is 49.3 Å². The smallest absolute Gasteiger partial charge is 0.119 e. The third kappa shape index (κ3) is 4.50. The highest BCUT2D eigenvalue weighted by atomic mass is 16.5. The number of nitriles is 1. The van der Waals surface area contributed by atoms with Crippen LogP contribution in [0, 0.1) is 25.2 Å². The molecule has 120 valence electrons. The van der Waals surface area contributed by atoms with Gasteiger partial charge in [0.25, 0.3) is 0 Å². The van der Waals surface area contributed by atoms with E-state index in [-0.39, 0.29) is 5.92 Å². The van der Waals surface area contributed by atoms with Gasteiger partial charge < -0.3 is 9.64 Å². The zero-order chi connectivity index (χ0) is 16.8. The fraction of sp³-hybridized carbons (Fsp3) is 0.350. The Balaban J connectivity index is 1.99. The van der Waals surface area contributed by atoms with Gasteiger partial charge in [0.2, 0.25) is 0 Å². The zero-order valence-electron chi connectivity index (χ0n) is 14.3. The summed E-state index contributed by atoms with van der Waals surface area (Å²) < 4.78 is 5.81. The van der Waals surface area contributed by atoms with Crippen molar-refractivity contribution < 1.29 is 4.74 Å². The SMILES string of the molecule is Cc1ccc(OCCC(C#N)c2cccc(N(C)C)c2)cc1C. The van der Waals surface area contributed by atoms with E-state index in [9.17, 15) is 5.26 Å². The maximum Gasteiger partial charge on any atom is 0.119 e. The molecule has 23 heavy (non-hydrogen) atoms. The molecular formula is C20H24N2O. The highest BCUT2D eigenvalue weighted by Crippen LogP contribution is 2.24. The lowest BCUT2D eigenvalue weighted by Gasteiger charge is -2.16. The first-order valence-electron chi connectivity index (χ1n) is 7.88. The lowest BCUT2D eigenvalue weighted by molar-refractivity contribution is 0.305. The van der Waals surface area contributed by atoms with Crippen molar-refractivity contribution >= 4 is 5.69 Å². The predicted octanol–water partition coefficient (Wildman–Crippen LogP) is 4.45. The Morgan fingerprint density at radius 2 is 1.87 bits per heavy atom. The maximum atomic E-state index is 9.47. The van der Waals surface area contributed by atoms with Crippen molar-refractivity contribution in [2.75, 3.05) is 25.6 Å². The van der Waals surface area contributed by atoms with E-state index in [0.717, 1.165) is 17.0 Å². The van der Waals surface area contributed by atoms with Gasteiger partial charge in [0.05, 0.1) is 18.6 Å². The van der Waals surface area contributed by atoms with Crippen molar-refractivity contribution in [1.82, 2.24) is 0 Å². The van der Waals surface area contributed by atoms with Crippen LogP contribution in [-0.4, -0.2) is 20.7 Å². The molecule has 3 nitrogen and oxygen atoms in total. The number of benzene rings is 2. The summed E-state index contributed by atoms with van der Waals surface area (Å²) in [5.41, 5.74) is 4.63. The number of ether oxygens (including phenoxy) is 1. The highest BCUT2D eigenvalue weighted by Gasteiger charge is 2.12. The Hall–Kier alpha value is -2.47. The normalized spacial score (nSPS) is 11.6. The van der Waals surface area contributed by atoms with Crippen molar-refractivity contribution in [3.8, 4) is 11.8 Å². The fourth-order valence-electron chi connectivity index (χ4n) is 2.42. The molecule has 0 aliphatic carbocycles. The highest BCUT2D eigenvalue weighted by molar-refractivity contribution is 5.48. The van der Waals surface area contributed by atoms with Crippen LogP contribution in [0.5, 0.6) is 5.75 Å². The number of hydrogen-bond acceptors (Lipinski definition) is 3. The van der Waals surface area contributed by atoms with Gasteiger partial charge in [0.15, 0.2) is 0 Å². The molecule has 1 unspecified atom stereocenters. The van der Waals surface area contributed by atoms with E-state index in [2.05, 4.69) is 32.0 Å². The molecule has 0 aliphatic heterocycles. The quantitative estimate of drug-likeness (QED) is 0.791. The molecule has 0 radical (unpaired) electrons. The predicted molar refractivity (Wildman–Crippen MR) is 95.2 cm³/mol. The van der Waals surface area contributed by atoms with Gasteiger partial charge in [0.1, 0.15) is 5.75 Å². The van der Waals surface area contributed by atoms with Crippen LogP contribution < -0.4 is 9.64 Å². The Kier molecular flexibility index (Phi) is 5.65. The largest absolute Gasteiger partial charge is 0.494 e. The Morgan fingerprint density at radius 1 is 1.09 bits per heavy atom. The average Bonchev–Trinajstić information content (AvgIpc) is 2.55. The molecule has 0 saturated heterocycles. The second-order valence-electron chi connectivity index (χ2n) is 6.05. The fourth-order valence-corrected chi connectivity index (χ4v) is 2.42. The molecule has 0 aromatic heterocycles. The number of hydrogen-bond donors (Lipinski definition) is 0. The van der Waals surface area contributed by atoms with E-state index >= 15 is 0 Å². The van der Waals surface area contributed by atoms with Crippen molar-refractivity contribution in [2.45, 2.75) is 26.2 Å². The third-order valence-electron chi connectivity index (χ3n) is 4.10. The first kappa shape index (κ1) is 16.9. The molecule has 0 saturated carbocycles. The molecular weight excluding hydrogens is 284 g/mol. The van der Waals surface area contributed by atoms with Gasteiger partial charge in [0, 0.05) is 26.2 Å². The van der Waals surface area contributed by atoms with E-state index in [4.69, 9.17) is 4.74 Å². The van der Waals surface area contributed by atoms with E-state index in [1.165, 1.54) is 11.1 Å². The van der Waals surface area contributed by atoms with E-state index < -0.39 is 0 Å². The van der Waals surface area contributed by atoms with Crippen LogP contribution in [0.15, 0.2) is 42.5 Å². The minimum absolute atomic E-state index is 0.151. The van der Waals surface area contributed by atoms with Crippen LogP contribution in [-0.2, 0) is 0 Å². The molecule has 2 aromatic rings. The molecule has 0 bridgehead atoms. The van der Waals surface area contributed by atoms with Crippen LogP contribution >= 0.6 is 0 Å². The monoisotopic (exact) mass is 308 g/mol. The summed E-state index contributed by atoms with van der Waals surface area (Å²) in [6, 6.07) is 16.6. The van der Waals surface area contributed by atoms with Crippen LogP contribution in [0.2, 0.25) is 0 Å². The van der Waals surface area contributed by atoms with Crippen LogP contribution in [0.1, 0.15) is 29.0 Å². The van der Waals surface area contributed by atoms with Crippen molar-refractivity contribution in [3.05, 3.63) is 59.2 Å².